The van der Waals surface area contributed by atoms with Crippen LogP contribution in [0.25, 0.3) is 0 Å². The molecule has 7 nitrogen and oxygen atoms in total. The number of carbonyl (C=O) groups excluding carboxylic acids is 3. The van der Waals surface area contributed by atoms with Crippen LogP contribution >= 0.6 is 0 Å². The maximum absolute atomic E-state index is 13.8. The number of amides is 2. The van der Waals surface area contributed by atoms with Crippen LogP contribution in [0.3, 0.4) is 0 Å². The lowest BCUT2D eigenvalue weighted by atomic mass is 10.1. The minimum Gasteiger partial charge on any atom is -0.469 e. The average Bonchev–Trinajstić information content (AvgIpc) is 2.82. The number of fused-ring (bicyclic) bond motifs is 1. The van der Waals surface area contributed by atoms with E-state index in [0.29, 0.717) is 28.3 Å². The van der Waals surface area contributed by atoms with E-state index in [9.17, 15) is 18.8 Å². The van der Waals surface area contributed by atoms with Gasteiger partial charge in [-0.25, -0.2) is 4.39 Å². The van der Waals surface area contributed by atoms with Gasteiger partial charge in [-0.1, -0.05) is 6.07 Å². The predicted molar refractivity (Wildman–Crippen MR) is 116 cm³/mol. The van der Waals surface area contributed by atoms with Crippen molar-refractivity contribution in [3.05, 3.63) is 64.6 Å². The lowest BCUT2D eigenvalue weighted by Crippen LogP contribution is -2.37. The second-order valence-corrected chi connectivity index (χ2v) is 7.44. The Bertz CT molecular complexity index is 1090. The van der Waals surface area contributed by atoms with Gasteiger partial charge >= 0.3 is 5.97 Å². The summed E-state index contributed by atoms with van der Waals surface area (Å²) in [6.45, 7) is 5.18. The number of carbonyl (C=O) groups is 3. The summed E-state index contributed by atoms with van der Waals surface area (Å²) in [5.41, 5.74) is 4.16. The molecule has 3 rings (SSSR count). The van der Waals surface area contributed by atoms with Gasteiger partial charge in [-0.2, -0.15) is 0 Å². The van der Waals surface area contributed by atoms with Crippen molar-refractivity contribution in [1.82, 2.24) is 0 Å². The van der Waals surface area contributed by atoms with Gasteiger partial charge in [0.1, 0.15) is 12.4 Å². The molecule has 0 bridgehead atoms. The molecular formula is C23H24FN3O4. The number of hydrogen-bond acceptors (Lipinski definition) is 5. The molecule has 31 heavy (non-hydrogen) atoms. The fraction of sp³-hybridized carbons (Fsp3) is 0.261. The molecule has 1 aliphatic heterocycles. The van der Waals surface area contributed by atoms with Crippen LogP contribution in [0.1, 0.15) is 23.1 Å². The van der Waals surface area contributed by atoms with E-state index in [0.717, 1.165) is 11.1 Å². The largest absolute Gasteiger partial charge is 0.469 e. The van der Waals surface area contributed by atoms with E-state index in [2.05, 4.69) is 10.6 Å². The summed E-state index contributed by atoms with van der Waals surface area (Å²) in [5, 5.41) is 5.73. The average molecular weight is 425 g/mol. The van der Waals surface area contributed by atoms with Gasteiger partial charge < -0.3 is 15.4 Å². The van der Waals surface area contributed by atoms with Crippen LogP contribution in [-0.4, -0.2) is 31.4 Å². The first-order valence-corrected chi connectivity index (χ1v) is 9.71. The second kappa shape index (κ2) is 8.99. The van der Waals surface area contributed by atoms with E-state index in [1.54, 1.807) is 19.1 Å². The van der Waals surface area contributed by atoms with E-state index in [1.807, 2.05) is 26.0 Å². The van der Waals surface area contributed by atoms with Gasteiger partial charge in [0.25, 0.3) is 5.91 Å². The summed E-state index contributed by atoms with van der Waals surface area (Å²) in [4.78, 5) is 38.7. The van der Waals surface area contributed by atoms with Gasteiger partial charge in [0.2, 0.25) is 5.91 Å². The highest BCUT2D eigenvalue weighted by Gasteiger charge is 2.26. The SMILES string of the molecule is COC(=O)CC1=CC(=O)N(CC(=O)Nc2ccc(C)c(F)c2)c2cc(C)c(C)cc2N1. The standard InChI is InChI=1S/C23H24FN3O4/c1-13-5-6-16(9-18(13)24)26-21(28)12-27-20-8-15(3)14(2)7-19(20)25-17(10-22(27)29)11-23(30)31-4/h5-10,25H,11-12H2,1-4H3,(H,26,28). The molecule has 0 radical (unpaired) electrons. The zero-order valence-electron chi connectivity index (χ0n) is 17.8. The number of ether oxygens (including phenoxy) is 1. The normalized spacial score (nSPS) is 13.0. The van der Waals surface area contributed by atoms with Crippen molar-refractivity contribution in [1.29, 1.82) is 0 Å². The zero-order chi connectivity index (χ0) is 22.7. The molecule has 1 heterocycles. The van der Waals surface area contributed by atoms with Gasteiger partial charge in [-0.3, -0.25) is 19.3 Å². The first-order valence-electron chi connectivity index (χ1n) is 9.71. The molecule has 0 aromatic heterocycles. The Morgan fingerprint density at radius 2 is 1.81 bits per heavy atom. The number of aryl methyl sites for hydroxylation is 3. The molecule has 0 saturated heterocycles. The van der Waals surface area contributed by atoms with E-state index in [4.69, 9.17) is 4.74 Å². The molecule has 0 aliphatic carbocycles. The highest BCUT2D eigenvalue weighted by Crippen LogP contribution is 2.33. The fourth-order valence-corrected chi connectivity index (χ4v) is 3.18. The molecule has 8 heteroatoms. The Morgan fingerprint density at radius 1 is 1.10 bits per heavy atom. The Morgan fingerprint density at radius 3 is 2.48 bits per heavy atom. The Kier molecular flexibility index (Phi) is 6.39. The monoisotopic (exact) mass is 425 g/mol. The smallest absolute Gasteiger partial charge is 0.311 e. The lowest BCUT2D eigenvalue weighted by molar-refractivity contribution is -0.139. The molecule has 2 aromatic carbocycles. The number of halogens is 1. The summed E-state index contributed by atoms with van der Waals surface area (Å²) in [6, 6.07) is 8.06. The topological polar surface area (TPSA) is 87.7 Å². The summed E-state index contributed by atoms with van der Waals surface area (Å²) in [7, 11) is 1.27. The van der Waals surface area contributed by atoms with Crippen molar-refractivity contribution in [2.45, 2.75) is 27.2 Å². The molecule has 0 spiro atoms. The zero-order valence-corrected chi connectivity index (χ0v) is 17.8. The van der Waals surface area contributed by atoms with Crippen LogP contribution in [0, 0.1) is 26.6 Å². The van der Waals surface area contributed by atoms with Crippen LogP contribution in [0.15, 0.2) is 42.1 Å². The molecule has 0 saturated carbocycles. The molecule has 2 amide bonds. The van der Waals surface area contributed by atoms with Gasteiger partial charge in [0.15, 0.2) is 0 Å². The van der Waals surface area contributed by atoms with E-state index < -0.39 is 23.6 Å². The van der Waals surface area contributed by atoms with Crippen molar-refractivity contribution >= 4 is 34.8 Å². The minimum absolute atomic E-state index is 0.114. The van der Waals surface area contributed by atoms with Gasteiger partial charge in [0, 0.05) is 17.5 Å². The van der Waals surface area contributed by atoms with Crippen LogP contribution < -0.4 is 15.5 Å². The maximum Gasteiger partial charge on any atom is 0.311 e. The maximum atomic E-state index is 13.8. The summed E-state index contributed by atoms with van der Waals surface area (Å²) < 4.78 is 18.5. The highest BCUT2D eigenvalue weighted by atomic mass is 19.1. The number of benzene rings is 2. The Hall–Kier alpha value is -3.68. The molecule has 162 valence electrons. The van der Waals surface area contributed by atoms with Crippen molar-refractivity contribution in [2.75, 3.05) is 29.2 Å². The minimum atomic E-state index is -0.496. The number of nitrogens with zero attached hydrogens (tertiary/aromatic N) is 1. The first-order chi connectivity index (χ1) is 14.7. The summed E-state index contributed by atoms with van der Waals surface area (Å²) in [6.07, 6.45) is 1.16. The third kappa shape index (κ3) is 5.09. The molecule has 0 fully saturated rings. The van der Waals surface area contributed by atoms with Crippen LogP contribution in [0.2, 0.25) is 0 Å². The van der Waals surface area contributed by atoms with E-state index in [1.165, 1.54) is 24.2 Å². The predicted octanol–water partition coefficient (Wildman–Crippen LogP) is 3.60. The van der Waals surface area contributed by atoms with Crippen molar-refractivity contribution < 1.29 is 23.5 Å². The van der Waals surface area contributed by atoms with Crippen LogP contribution in [0.4, 0.5) is 21.5 Å². The Labute approximate surface area is 179 Å². The second-order valence-electron chi connectivity index (χ2n) is 7.44. The van der Waals surface area contributed by atoms with Crippen LogP contribution in [-0.2, 0) is 19.1 Å². The van der Waals surface area contributed by atoms with Gasteiger partial charge in [0.05, 0.1) is 24.9 Å². The van der Waals surface area contributed by atoms with Crippen molar-refractivity contribution in [3.63, 3.8) is 0 Å². The number of nitrogens with one attached hydrogen (secondary N) is 2. The number of esters is 1. The van der Waals surface area contributed by atoms with Crippen LogP contribution in [0.5, 0.6) is 0 Å². The molecule has 1 aliphatic rings. The number of hydrogen-bond donors (Lipinski definition) is 2. The molecule has 2 aromatic rings. The lowest BCUT2D eigenvalue weighted by Gasteiger charge is -2.23. The number of anilines is 3. The van der Waals surface area contributed by atoms with E-state index >= 15 is 0 Å². The Balaban J connectivity index is 1.91. The van der Waals surface area contributed by atoms with Gasteiger partial charge in [-0.15, -0.1) is 0 Å². The van der Waals surface area contributed by atoms with Crippen molar-refractivity contribution in [3.8, 4) is 0 Å². The number of methoxy groups -OCH3 is 1. The molecular weight excluding hydrogens is 401 g/mol. The highest BCUT2D eigenvalue weighted by molar-refractivity contribution is 6.10. The molecule has 2 N–H and O–H groups in total. The summed E-state index contributed by atoms with van der Waals surface area (Å²) in [5.74, 6) is -1.87. The summed E-state index contributed by atoms with van der Waals surface area (Å²) >= 11 is 0. The molecule has 0 atom stereocenters. The molecule has 0 unspecified atom stereocenters. The quantitative estimate of drug-likeness (QED) is 0.715. The van der Waals surface area contributed by atoms with Gasteiger partial charge in [-0.05, 0) is 61.7 Å². The third-order valence-corrected chi connectivity index (χ3v) is 5.08. The van der Waals surface area contributed by atoms with E-state index in [-0.39, 0.29) is 13.0 Å². The van der Waals surface area contributed by atoms with Crippen molar-refractivity contribution in [2.24, 2.45) is 0 Å². The number of rotatable bonds is 5. The fourth-order valence-electron chi connectivity index (χ4n) is 3.18. The third-order valence-electron chi connectivity index (χ3n) is 5.08. The first kappa shape index (κ1) is 22.0.